The maximum atomic E-state index is 12.1. The molecule has 1 heterocycles. The number of urea groups is 1. The number of carboxylic acid groups (broad SMARTS) is 1. The van der Waals surface area contributed by atoms with E-state index in [-0.39, 0.29) is 18.4 Å². The summed E-state index contributed by atoms with van der Waals surface area (Å²) in [5.41, 5.74) is 0. The first-order valence-electron chi connectivity index (χ1n) is 7.64. The van der Waals surface area contributed by atoms with Gasteiger partial charge in [-0.15, -0.1) is 0 Å². The van der Waals surface area contributed by atoms with Crippen molar-refractivity contribution in [3.63, 3.8) is 0 Å². The Kier molecular flexibility index (Phi) is 6.82. The first-order chi connectivity index (χ1) is 9.40. The van der Waals surface area contributed by atoms with E-state index < -0.39 is 5.97 Å². The second-order valence-electron chi connectivity index (χ2n) is 6.31. The smallest absolute Gasteiger partial charge is 0.317 e. The minimum Gasteiger partial charge on any atom is -0.481 e. The Bertz CT molecular complexity index is 331. The lowest BCUT2D eigenvalue weighted by atomic mass is 9.89. The van der Waals surface area contributed by atoms with E-state index in [1.54, 1.807) is 0 Å². The van der Waals surface area contributed by atoms with Gasteiger partial charge in [-0.1, -0.05) is 20.8 Å². The fraction of sp³-hybridized carbons (Fsp3) is 0.867. The Hall–Kier alpha value is -1.26. The third kappa shape index (κ3) is 5.80. The Morgan fingerprint density at radius 1 is 1.25 bits per heavy atom. The van der Waals surface area contributed by atoms with E-state index in [1.807, 2.05) is 11.8 Å². The summed E-state index contributed by atoms with van der Waals surface area (Å²) in [5.74, 6) is 0.528. The molecule has 0 spiro atoms. The highest BCUT2D eigenvalue weighted by Gasteiger charge is 2.22. The van der Waals surface area contributed by atoms with E-state index >= 15 is 0 Å². The molecule has 2 atom stereocenters. The van der Waals surface area contributed by atoms with Crippen molar-refractivity contribution in [2.24, 2.45) is 17.8 Å². The number of nitrogens with one attached hydrogen (secondary N) is 1. The molecule has 0 aliphatic carbocycles. The molecule has 0 radical (unpaired) electrons. The molecule has 2 unspecified atom stereocenters. The minimum atomic E-state index is -0.818. The van der Waals surface area contributed by atoms with Gasteiger partial charge in [0.1, 0.15) is 0 Å². The molecule has 1 aliphatic rings. The molecule has 1 aliphatic heterocycles. The first-order valence-corrected chi connectivity index (χ1v) is 7.64. The largest absolute Gasteiger partial charge is 0.481 e. The summed E-state index contributed by atoms with van der Waals surface area (Å²) in [6.45, 7) is 8.37. The van der Waals surface area contributed by atoms with Crippen LogP contribution in [0.4, 0.5) is 4.79 Å². The van der Waals surface area contributed by atoms with E-state index in [9.17, 15) is 9.59 Å². The van der Waals surface area contributed by atoms with Crippen LogP contribution in [-0.4, -0.2) is 41.6 Å². The van der Waals surface area contributed by atoms with Crippen LogP contribution in [0.15, 0.2) is 0 Å². The molecule has 0 bridgehead atoms. The number of amides is 2. The zero-order valence-electron chi connectivity index (χ0n) is 12.9. The van der Waals surface area contributed by atoms with Crippen LogP contribution < -0.4 is 5.32 Å². The molecule has 2 N–H and O–H groups in total. The maximum absolute atomic E-state index is 12.1. The Labute approximate surface area is 121 Å². The molecule has 2 amide bonds. The third-order valence-electron chi connectivity index (χ3n) is 4.13. The Morgan fingerprint density at radius 3 is 2.55 bits per heavy atom. The standard InChI is InChI=1S/C15H28N2O3/c1-11(2)13-5-4-7-17(8-6-13)15(20)16-10-12(3)9-14(18)19/h11-13H,4-10H2,1-3H3,(H,16,20)(H,18,19). The predicted octanol–water partition coefficient (Wildman–Crippen LogP) is 2.56. The molecular formula is C15H28N2O3. The lowest BCUT2D eigenvalue weighted by Crippen LogP contribution is -2.42. The average molecular weight is 284 g/mol. The van der Waals surface area contributed by atoms with Crippen LogP contribution in [0.1, 0.15) is 46.5 Å². The van der Waals surface area contributed by atoms with Crippen LogP contribution >= 0.6 is 0 Å². The quantitative estimate of drug-likeness (QED) is 0.815. The van der Waals surface area contributed by atoms with Crippen LogP contribution in [0.5, 0.6) is 0 Å². The first kappa shape index (κ1) is 16.8. The molecular weight excluding hydrogens is 256 g/mol. The summed E-state index contributed by atoms with van der Waals surface area (Å²) in [4.78, 5) is 24.5. The highest BCUT2D eigenvalue weighted by molar-refractivity contribution is 5.74. The molecule has 5 heteroatoms. The monoisotopic (exact) mass is 284 g/mol. The van der Waals surface area contributed by atoms with E-state index in [0.29, 0.717) is 18.4 Å². The summed E-state index contributed by atoms with van der Waals surface area (Å²) in [6.07, 6.45) is 3.41. The van der Waals surface area contributed by atoms with Crippen molar-refractivity contribution < 1.29 is 14.7 Å². The normalized spacial score (nSPS) is 21.4. The molecule has 0 aromatic carbocycles. The van der Waals surface area contributed by atoms with Crippen LogP contribution in [-0.2, 0) is 4.79 Å². The van der Waals surface area contributed by atoms with Crippen LogP contribution in [0, 0.1) is 17.8 Å². The Morgan fingerprint density at radius 2 is 1.95 bits per heavy atom. The lowest BCUT2D eigenvalue weighted by Gasteiger charge is -2.22. The summed E-state index contributed by atoms with van der Waals surface area (Å²) in [6, 6.07) is -0.0494. The van der Waals surface area contributed by atoms with Crippen molar-refractivity contribution in [2.75, 3.05) is 19.6 Å². The van der Waals surface area contributed by atoms with Crippen molar-refractivity contribution in [3.05, 3.63) is 0 Å². The fourth-order valence-corrected chi connectivity index (χ4v) is 2.74. The Balaban J connectivity index is 2.34. The van der Waals surface area contributed by atoms with Gasteiger partial charge in [-0.2, -0.15) is 0 Å². The number of aliphatic carboxylic acids is 1. The van der Waals surface area contributed by atoms with Crippen LogP contribution in [0.2, 0.25) is 0 Å². The van der Waals surface area contributed by atoms with E-state index in [2.05, 4.69) is 19.2 Å². The molecule has 1 fully saturated rings. The summed E-state index contributed by atoms with van der Waals surface area (Å²) < 4.78 is 0. The molecule has 0 aromatic heterocycles. The zero-order chi connectivity index (χ0) is 15.1. The highest BCUT2D eigenvalue weighted by atomic mass is 16.4. The topological polar surface area (TPSA) is 69.6 Å². The number of carbonyl (C=O) groups excluding carboxylic acids is 1. The van der Waals surface area contributed by atoms with Gasteiger partial charge in [0.25, 0.3) is 0 Å². The van der Waals surface area contributed by atoms with Gasteiger partial charge in [0.2, 0.25) is 0 Å². The van der Waals surface area contributed by atoms with E-state index in [0.717, 1.165) is 25.9 Å². The molecule has 5 nitrogen and oxygen atoms in total. The third-order valence-corrected chi connectivity index (χ3v) is 4.13. The van der Waals surface area contributed by atoms with Gasteiger partial charge >= 0.3 is 12.0 Å². The van der Waals surface area contributed by atoms with E-state index in [1.165, 1.54) is 6.42 Å². The highest BCUT2D eigenvalue weighted by Crippen LogP contribution is 2.24. The average Bonchev–Trinajstić information content (AvgIpc) is 2.60. The van der Waals surface area contributed by atoms with Crippen molar-refractivity contribution in [1.82, 2.24) is 10.2 Å². The number of nitrogens with zero attached hydrogens (tertiary/aromatic N) is 1. The number of hydrogen-bond acceptors (Lipinski definition) is 2. The number of hydrogen-bond donors (Lipinski definition) is 2. The van der Waals surface area contributed by atoms with Gasteiger partial charge in [-0.25, -0.2) is 4.79 Å². The summed E-state index contributed by atoms with van der Waals surface area (Å²) >= 11 is 0. The van der Waals surface area contributed by atoms with Gasteiger partial charge in [-0.05, 0) is 37.0 Å². The predicted molar refractivity (Wildman–Crippen MR) is 78.6 cm³/mol. The molecule has 1 saturated heterocycles. The van der Waals surface area contributed by atoms with Crippen LogP contribution in [0.3, 0.4) is 0 Å². The number of carbonyl (C=O) groups is 2. The fourth-order valence-electron chi connectivity index (χ4n) is 2.74. The molecule has 1 rings (SSSR count). The SMILES string of the molecule is CC(CNC(=O)N1CCCC(C(C)C)CC1)CC(=O)O. The molecule has 0 aromatic rings. The minimum absolute atomic E-state index is 0.0353. The molecule has 0 saturated carbocycles. The van der Waals surface area contributed by atoms with Crippen LogP contribution in [0.25, 0.3) is 0 Å². The second kappa shape index (κ2) is 8.12. The van der Waals surface area contributed by atoms with E-state index in [4.69, 9.17) is 5.11 Å². The molecule has 116 valence electrons. The van der Waals surface area contributed by atoms with Gasteiger partial charge in [-0.3, -0.25) is 4.79 Å². The molecule has 20 heavy (non-hydrogen) atoms. The maximum Gasteiger partial charge on any atom is 0.317 e. The second-order valence-corrected chi connectivity index (χ2v) is 6.31. The zero-order valence-corrected chi connectivity index (χ0v) is 12.9. The van der Waals surface area contributed by atoms with Gasteiger partial charge in [0.15, 0.2) is 0 Å². The summed E-state index contributed by atoms with van der Waals surface area (Å²) in [7, 11) is 0. The number of likely N-dealkylation sites (tertiary alicyclic amines) is 1. The van der Waals surface area contributed by atoms with Crippen molar-refractivity contribution in [2.45, 2.75) is 46.5 Å². The van der Waals surface area contributed by atoms with Crippen molar-refractivity contribution in [3.8, 4) is 0 Å². The van der Waals surface area contributed by atoms with Gasteiger partial charge in [0, 0.05) is 26.1 Å². The van der Waals surface area contributed by atoms with Crippen molar-refractivity contribution >= 4 is 12.0 Å². The van der Waals surface area contributed by atoms with Gasteiger partial charge < -0.3 is 15.3 Å². The number of rotatable bonds is 5. The summed E-state index contributed by atoms with van der Waals surface area (Å²) in [5, 5.41) is 11.5. The lowest BCUT2D eigenvalue weighted by molar-refractivity contribution is -0.137. The number of carboxylic acids is 1. The van der Waals surface area contributed by atoms with Crippen molar-refractivity contribution in [1.29, 1.82) is 0 Å². The van der Waals surface area contributed by atoms with Gasteiger partial charge in [0.05, 0.1) is 0 Å².